The topological polar surface area (TPSA) is 55.9 Å². The van der Waals surface area contributed by atoms with Gasteiger partial charge in [0.15, 0.2) is 0 Å². The maximum Gasteiger partial charge on any atom is 0.241 e. The quantitative estimate of drug-likeness (QED) is 0.816. The molecule has 0 radical (unpaired) electrons. The molecule has 1 unspecified atom stereocenters. The van der Waals surface area contributed by atoms with Crippen molar-refractivity contribution in [3.63, 3.8) is 0 Å². The first-order valence-electron chi connectivity index (χ1n) is 10.3. The SMILES string of the molecule is CC(C(=O)Nc1cccc(Cl)c1)N1CCN(CC(=O)N2CCCCCC2)CC1. The summed E-state index contributed by atoms with van der Waals surface area (Å²) in [6.07, 6.45) is 4.72. The number of hydrogen-bond donors (Lipinski definition) is 1. The first kappa shape index (κ1) is 21.1. The number of anilines is 1. The molecule has 3 rings (SSSR count). The lowest BCUT2D eigenvalue weighted by Gasteiger charge is -2.37. The van der Waals surface area contributed by atoms with Crippen LogP contribution in [-0.4, -0.2) is 78.4 Å². The minimum Gasteiger partial charge on any atom is -0.342 e. The van der Waals surface area contributed by atoms with Crippen molar-refractivity contribution in [1.29, 1.82) is 0 Å². The molecule has 0 aromatic heterocycles. The molecule has 0 spiro atoms. The molecule has 28 heavy (non-hydrogen) atoms. The number of nitrogens with one attached hydrogen (secondary N) is 1. The average molecular weight is 407 g/mol. The molecule has 2 aliphatic heterocycles. The van der Waals surface area contributed by atoms with Crippen molar-refractivity contribution < 1.29 is 9.59 Å². The summed E-state index contributed by atoms with van der Waals surface area (Å²) in [5.74, 6) is 0.221. The Labute approximate surface area is 172 Å². The molecule has 0 bridgehead atoms. The minimum atomic E-state index is -0.220. The molecule has 6 nitrogen and oxygen atoms in total. The van der Waals surface area contributed by atoms with E-state index in [1.165, 1.54) is 12.8 Å². The van der Waals surface area contributed by atoms with Crippen LogP contribution >= 0.6 is 11.6 Å². The van der Waals surface area contributed by atoms with E-state index >= 15 is 0 Å². The zero-order valence-corrected chi connectivity index (χ0v) is 17.5. The average Bonchev–Trinajstić information content (AvgIpc) is 2.97. The third kappa shape index (κ3) is 5.93. The van der Waals surface area contributed by atoms with Crippen LogP contribution in [-0.2, 0) is 9.59 Å². The van der Waals surface area contributed by atoms with Crippen molar-refractivity contribution in [3.8, 4) is 0 Å². The maximum atomic E-state index is 12.6. The number of halogens is 1. The first-order valence-corrected chi connectivity index (χ1v) is 10.7. The fourth-order valence-corrected chi connectivity index (χ4v) is 4.09. The monoisotopic (exact) mass is 406 g/mol. The lowest BCUT2D eigenvalue weighted by Crippen LogP contribution is -2.54. The molecule has 1 atom stereocenters. The molecular formula is C21H31ClN4O2. The van der Waals surface area contributed by atoms with E-state index in [0.717, 1.165) is 52.1 Å². The number of piperazine rings is 1. The highest BCUT2D eigenvalue weighted by molar-refractivity contribution is 6.30. The third-order valence-electron chi connectivity index (χ3n) is 5.74. The molecule has 1 aromatic carbocycles. The Hall–Kier alpha value is -1.63. The Morgan fingerprint density at radius 2 is 1.71 bits per heavy atom. The van der Waals surface area contributed by atoms with Crippen LogP contribution in [0, 0.1) is 0 Å². The van der Waals surface area contributed by atoms with Crippen LogP contribution in [0.15, 0.2) is 24.3 Å². The molecule has 154 valence electrons. The fraction of sp³-hybridized carbons (Fsp3) is 0.619. The zero-order valence-electron chi connectivity index (χ0n) is 16.7. The van der Waals surface area contributed by atoms with Gasteiger partial charge in [0, 0.05) is 50.0 Å². The van der Waals surface area contributed by atoms with Crippen LogP contribution in [0.2, 0.25) is 5.02 Å². The van der Waals surface area contributed by atoms with Gasteiger partial charge >= 0.3 is 0 Å². The van der Waals surface area contributed by atoms with E-state index in [4.69, 9.17) is 11.6 Å². The molecule has 2 fully saturated rings. The van der Waals surface area contributed by atoms with Crippen LogP contribution in [0.1, 0.15) is 32.6 Å². The molecule has 2 amide bonds. The van der Waals surface area contributed by atoms with Crippen molar-refractivity contribution in [3.05, 3.63) is 29.3 Å². The highest BCUT2D eigenvalue weighted by Crippen LogP contribution is 2.16. The third-order valence-corrected chi connectivity index (χ3v) is 5.98. The van der Waals surface area contributed by atoms with Gasteiger partial charge in [0.05, 0.1) is 12.6 Å². The molecule has 2 saturated heterocycles. The van der Waals surface area contributed by atoms with E-state index in [0.29, 0.717) is 17.3 Å². The first-order chi connectivity index (χ1) is 13.5. The van der Waals surface area contributed by atoms with E-state index < -0.39 is 0 Å². The molecule has 0 saturated carbocycles. The molecule has 0 aliphatic carbocycles. The Balaban J connectivity index is 1.43. The Bertz CT molecular complexity index is 668. The van der Waals surface area contributed by atoms with Crippen molar-refractivity contribution in [2.45, 2.75) is 38.6 Å². The van der Waals surface area contributed by atoms with Gasteiger partial charge in [0.1, 0.15) is 0 Å². The van der Waals surface area contributed by atoms with Crippen LogP contribution in [0.4, 0.5) is 5.69 Å². The van der Waals surface area contributed by atoms with Gasteiger partial charge in [0.2, 0.25) is 11.8 Å². The summed E-state index contributed by atoms with van der Waals surface area (Å²) in [4.78, 5) is 31.5. The summed E-state index contributed by atoms with van der Waals surface area (Å²) in [6, 6.07) is 6.97. The predicted octanol–water partition coefficient (Wildman–Crippen LogP) is 2.69. The van der Waals surface area contributed by atoms with E-state index in [2.05, 4.69) is 15.1 Å². The Morgan fingerprint density at radius 1 is 1.04 bits per heavy atom. The second-order valence-electron chi connectivity index (χ2n) is 7.78. The van der Waals surface area contributed by atoms with Crippen molar-refractivity contribution in [1.82, 2.24) is 14.7 Å². The highest BCUT2D eigenvalue weighted by atomic mass is 35.5. The maximum absolute atomic E-state index is 12.6. The van der Waals surface area contributed by atoms with E-state index in [1.807, 2.05) is 24.0 Å². The van der Waals surface area contributed by atoms with E-state index in [1.54, 1.807) is 12.1 Å². The van der Waals surface area contributed by atoms with Gasteiger partial charge in [0.25, 0.3) is 0 Å². The van der Waals surface area contributed by atoms with E-state index in [9.17, 15) is 9.59 Å². The van der Waals surface area contributed by atoms with Crippen molar-refractivity contribution >= 4 is 29.1 Å². The number of carbonyl (C=O) groups is 2. The van der Waals surface area contributed by atoms with Crippen molar-refractivity contribution in [2.75, 3.05) is 51.1 Å². The van der Waals surface area contributed by atoms with Crippen LogP contribution in [0.25, 0.3) is 0 Å². The lowest BCUT2D eigenvalue weighted by atomic mass is 10.2. The van der Waals surface area contributed by atoms with Gasteiger partial charge < -0.3 is 10.2 Å². The number of carbonyl (C=O) groups excluding carboxylic acids is 2. The number of benzene rings is 1. The largest absolute Gasteiger partial charge is 0.342 e. The number of hydrogen-bond acceptors (Lipinski definition) is 4. The Kier molecular flexibility index (Phi) is 7.71. The van der Waals surface area contributed by atoms with Gasteiger partial charge in [-0.25, -0.2) is 0 Å². The summed E-state index contributed by atoms with van der Waals surface area (Å²) in [5.41, 5.74) is 0.714. The number of nitrogens with zero attached hydrogens (tertiary/aromatic N) is 3. The standard InChI is InChI=1S/C21H31ClN4O2/c1-17(21(28)23-19-8-6-7-18(22)15-19)25-13-11-24(12-14-25)16-20(27)26-9-4-2-3-5-10-26/h6-8,15,17H,2-5,9-14,16H2,1H3,(H,23,28). The molecule has 2 aliphatic rings. The fourth-order valence-electron chi connectivity index (χ4n) is 3.90. The van der Waals surface area contributed by atoms with Crippen LogP contribution in [0.3, 0.4) is 0 Å². The molecule has 2 heterocycles. The summed E-state index contributed by atoms with van der Waals surface area (Å²) in [7, 11) is 0. The van der Waals surface area contributed by atoms with Gasteiger partial charge in [-0.1, -0.05) is 30.5 Å². The van der Waals surface area contributed by atoms with Gasteiger partial charge in [-0.3, -0.25) is 19.4 Å². The minimum absolute atomic E-state index is 0.0311. The molecule has 7 heteroatoms. The summed E-state index contributed by atoms with van der Waals surface area (Å²) in [6.45, 7) is 7.44. The van der Waals surface area contributed by atoms with Gasteiger partial charge in [-0.2, -0.15) is 0 Å². The summed E-state index contributed by atoms with van der Waals surface area (Å²) < 4.78 is 0. The summed E-state index contributed by atoms with van der Waals surface area (Å²) >= 11 is 5.98. The predicted molar refractivity (Wildman–Crippen MR) is 113 cm³/mol. The normalized spacial score (nSPS) is 20.4. The molecule has 1 aromatic rings. The second kappa shape index (κ2) is 10.2. The zero-order chi connectivity index (χ0) is 19.9. The lowest BCUT2D eigenvalue weighted by molar-refractivity contribution is -0.133. The number of rotatable bonds is 5. The number of likely N-dealkylation sites (tertiary alicyclic amines) is 1. The molecular weight excluding hydrogens is 376 g/mol. The number of amides is 2. The molecule has 1 N–H and O–H groups in total. The second-order valence-corrected chi connectivity index (χ2v) is 8.22. The van der Waals surface area contributed by atoms with E-state index in [-0.39, 0.29) is 17.9 Å². The van der Waals surface area contributed by atoms with Gasteiger partial charge in [-0.05, 0) is 38.0 Å². The van der Waals surface area contributed by atoms with Crippen LogP contribution in [0.5, 0.6) is 0 Å². The highest BCUT2D eigenvalue weighted by Gasteiger charge is 2.27. The Morgan fingerprint density at radius 3 is 2.36 bits per heavy atom. The smallest absolute Gasteiger partial charge is 0.241 e. The van der Waals surface area contributed by atoms with Crippen molar-refractivity contribution in [2.24, 2.45) is 0 Å². The van der Waals surface area contributed by atoms with Gasteiger partial charge in [-0.15, -0.1) is 0 Å². The summed E-state index contributed by atoms with van der Waals surface area (Å²) in [5, 5.41) is 3.54. The van der Waals surface area contributed by atoms with Crippen LogP contribution < -0.4 is 5.32 Å².